The average Bonchev–Trinajstić information content (AvgIpc) is 3.07. The van der Waals surface area contributed by atoms with Gasteiger partial charge in [-0.15, -0.1) is 11.3 Å². The van der Waals surface area contributed by atoms with Crippen LogP contribution in [-0.4, -0.2) is 53.6 Å². The van der Waals surface area contributed by atoms with E-state index < -0.39 is 0 Å². The number of amides is 2. The molecule has 0 atom stereocenters. The number of hydrogen-bond donors (Lipinski definition) is 2. The quantitative estimate of drug-likeness (QED) is 0.796. The third-order valence-electron chi connectivity index (χ3n) is 3.33. The molecule has 7 nitrogen and oxygen atoms in total. The van der Waals surface area contributed by atoms with E-state index in [0.717, 1.165) is 0 Å². The molecule has 0 aliphatic heterocycles. The predicted octanol–water partition coefficient (Wildman–Crippen LogP) is 1.86. The molecule has 128 valence electrons. The number of benzene rings is 1. The zero-order chi connectivity index (χ0) is 17.5. The van der Waals surface area contributed by atoms with Crippen LogP contribution in [-0.2, 0) is 0 Å². The maximum atomic E-state index is 12.2. The van der Waals surface area contributed by atoms with E-state index in [1.165, 1.54) is 16.2 Å². The van der Waals surface area contributed by atoms with Crippen molar-refractivity contribution in [2.75, 3.05) is 32.1 Å². The van der Waals surface area contributed by atoms with Gasteiger partial charge in [0.15, 0.2) is 5.13 Å². The normalized spacial score (nSPS) is 10.3. The predicted molar refractivity (Wildman–Crippen MR) is 91.7 cm³/mol. The summed E-state index contributed by atoms with van der Waals surface area (Å²) in [5.41, 5.74) is 0.717. The fourth-order valence-electron chi connectivity index (χ4n) is 2.03. The van der Waals surface area contributed by atoms with Gasteiger partial charge in [-0.05, 0) is 31.2 Å². The average molecular weight is 349 g/mol. The molecule has 24 heavy (non-hydrogen) atoms. The van der Waals surface area contributed by atoms with E-state index in [1.807, 2.05) is 6.92 Å². The van der Waals surface area contributed by atoms with Crippen molar-refractivity contribution in [3.63, 3.8) is 0 Å². The summed E-state index contributed by atoms with van der Waals surface area (Å²) in [6.45, 7) is 2.45. The molecule has 0 unspecified atom stereocenters. The summed E-state index contributed by atoms with van der Waals surface area (Å²) in [4.78, 5) is 30.0. The molecule has 1 aromatic heterocycles. The second-order valence-electron chi connectivity index (χ2n) is 4.83. The molecule has 1 heterocycles. The van der Waals surface area contributed by atoms with E-state index in [4.69, 9.17) is 9.84 Å². The number of aliphatic hydroxyl groups is 1. The Bertz CT molecular complexity index is 700. The van der Waals surface area contributed by atoms with E-state index in [0.29, 0.717) is 23.0 Å². The van der Waals surface area contributed by atoms with Gasteiger partial charge in [0.05, 0.1) is 13.7 Å². The summed E-state index contributed by atoms with van der Waals surface area (Å²) in [5, 5.41) is 13.6. The Kier molecular flexibility index (Phi) is 6.28. The van der Waals surface area contributed by atoms with Crippen LogP contribution in [0.5, 0.6) is 5.75 Å². The molecule has 0 saturated carbocycles. The Labute approximate surface area is 143 Å². The maximum Gasteiger partial charge on any atom is 0.273 e. The van der Waals surface area contributed by atoms with Crippen LogP contribution in [0.2, 0.25) is 0 Å². The van der Waals surface area contributed by atoms with Crippen LogP contribution >= 0.6 is 11.3 Å². The fourth-order valence-corrected chi connectivity index (χ4v) is 2.71. The number of carbonyl (C=O) groups is 2. The summed E-state index contributed by atoms with van der Waals surface area (Å²) in [6, 6.07) is 6.68. The van der Waals surface area contributed by atoms with Crippen LogP contribution in [0.15, 0.2) is 29.6 Å². The Hall–Kier alpha value is -2.45. The largest absolute Gasteiger partial charge is 0.497 e. The van der Waals surface area contributed by atoms with Gasteiger partial charge in [-0.25, -0.2) is 4.98 Å². The van der Waals surface area contributed by atoms with Crippen molar-refractivity contribution in [2.45, 2.75) is 6.92 Å². The Morgan fingerprint density at radius 3 is 2.62 bits per heavy atom. The van der Waals surface area contributed by atoms with Crippen molar-refractivity contribution in [1.29, 1.82) is 0 Å². The first-order valence-corrected chi connectivity index (χ1v) is 8.28. The zero-order valence-electron chi connectivity index (χ0n) is 13.5. The number of aliphatic hydroxyl groups excluding tert-OH is 1. The molecular formula is C16H19N3O4S. The van der Waals surface area contributed by atoms with E-state index in [-0.39, 0.29) is 30.7 Å². The van der Waals surface area contributed by atoms with Crippen molar-refractivity contribution >= 4 is 28.3 Å². The third-order valence-corrected chi connectivity index (χ3v) is 4.09. The molecule has 2 N–H and O–H groups in total. The number of nitrogens with one attached hydrogen (secondary N) is 1. The van der Waals surface area contributed by atoms with Gasteiger partial charge < -0.3 is 14.7 Å². The molecule has 0 radical (unpaired) electrons. The Morgan fingerprint density at radius 2 is 2.04 bits per heavy atom. The van der Waals surface area contributed by atoms with Gasteiger partial charge in [-0.2, -0.15) is 0 Å². The molecule has 1 aromatic carbocycles. The number of anilines is 1. The van der Waals surface area contributed by atoms with Gasteiger partial charge in [0.2, 0.25) is 0 Å². The molecule has 0 aliphatic rings. The minimum absolute atomic E-state index is 0.106. The topological polar surface area (TPSA) is 91.8 Å². The summed E-state index contributed by atoms with van der Waals surface area (Å²) in [5.74, 6) is 0.0821. The number of carbonyl (C=O) groups excluding carboxylic acids is 2. The second-order valence-corrected chi connectivity index (χ2v) is 5.69. The highest BCUT2D eigenvalue weighted by molar-refractivity contribution is 7.14. The summed E-state index contributed by atoms with van der Waals surface area (Å²) < 4.78 is 5.05. The highest BCUT2D eigenvalue weighted by Gasteiger charge is 2.18. The molecule has 0 bridgehead atoms. The number of nitrogens with zero attached hydrogens (tertiary/aromatic N) is 2. The minimum Gasteiger partial charge on any atom is -0.497 e. The Balaban J connectivity index is 2.04. The van der Waals surface area contributed by atoms with E-state index in [1.54, 1.807) is 36.8 Å². The molecular weight excluding hydrogens is 330 g/mol. The van der Waals surface area contributed by atoms with Crippen molar-refractivity contribution in [2.24, 2.45) is 0 Å². The monoisotopic (exact) mass is 349 g/mol. The second kappa shape index (κ2) is 8.42. The lowest BCUT2D eigenvalue weighted by molar-refractivity contribution is 0.0726. The molecule has 0 fully saturated rings. The van der Waals surface area contributed by atoms with Gasteiger partial charge in [0.25, 0.3) is 11.8 Å². The highest BCUT2D eigenvalue weighted by Crippen LogP contribution is 2.19. The number of rotatable bonds is 7. The molecule has 2 amide bonds. The van der Waals surface area contributed by atoms with E-state index in [9.17, 15) is 9.59 Å². The summed E-state index contributed by atoms with van der Waals surface area (Å²) in [6.07, 6.45) is 0. The number of likely N-dealkylation sites (N-methyl/N-ethyl adjacent to an activating group) is 1. The minimum atomic E-state index is -0.311. The smallest absolute Gasteiger partial charge is 0.273 e. The number of hydrogen-bond acceptors (Lipinski definition) is 6. The number of aromatic nitrogens is 1. The van der Waals surface area contributed by atoms with Crippen molar-refractivity contribution < 1.29 is 19.4 Å². The Morgan fingerprint density at radius 1 is 1.33 bits per heavy atom. The van der Waals surface area contributed by atoms with Gasteiger partial charge in [-0.3, -0.25) is 14.9 Å². The third kappa shape index (κ3) is 4.30. The standard InChI is InChI=1S/C16H19N3O4S/c1-3-19(8-9-20)15(22)13-10-24-16(17-13)18-14(21)11-4-6-12(23-2)7-5-11/h4-7,10,20H,3,8-9H2,1-2H3,(H,17,18,21). The van der Waals surface area contributed by atoms with Gasteiger partial charge in [-0.1, -0.05) is 0 Å². The summed E-state index contributed by atoms with van der Waals surface area (Å²) in [7, 11) is 1.56. The lowest BCUT2D eigenvalue weighted by atomic mass is 10.2. The van der Waals surface area contributed by atoms with E-state index >= 15 is 0 Å². The van der Waals surface area contributed by atoms with Crippen molar-refractivity contribution in [1.82, 2.24) is 9.88 Å². The van der Waals surface area contributed by atoms with Crippen LogP contribution < -0.4 is 10.1 Å². The van der Waals surface area contributed by atoms with Crippen LogP contribution in [0.25, 0.3) is 0 Å². The van der Waals surface area contributed by atoms with Gasteiger partial charge in [0.1, 0.15) is 11.4 Å². The van der Waals surface area contributed by atoms with Gasteiger partial charge >= 0.3 is 0 Å². The van der Waals surface area contributed by atoms with Gasteiger partial charge in [0, 0.05) is 24.0 Å². The number of methoxy groups -OCH3 is 1. The molecule has 0 aliphatic carbocycles. The lowest BCUT2D eigenvalue weighted by Gasteiger charge is -2.17. The maximum absolute atomic E-state index is 12.2. The summed E-state index contributed by atoms with van der Waals surface area (Å²) >= 11 is 1.18. The fraction of sp³-hybridized carbons (Fsp3) is 0.312. The van der Waals surface area contributed by atoms with E-state index in [2.05, 4.69) is 10.3 Å². The number of ether oxygens (including phenoxy) is 1. The lowest BCUT2D eigenvalue weighted by Crippen LogP contribution is -2.33. The molecule has 2 rings (SSSR count). The van der Waals surface area contributed by atoms with Crippen LogP contribution in [0.3, 0.4) is 0 Å². The molecule has 0 spiro atoms. The zero-order valence-corrected chi connectivity index (χ0v) is 14.3. The number of thiazole rings is 1. The molecule has 2 aromatic rings. The first kappa shape index (κ1) is 17.9. The van der Waals surface area contributed by atoms with Crippen molar-refractivity contribution in [3.8, 4) is 5.75 Å². The van der Waals surface area contributed by atoms with Crippen LogP contribution in [0, 0.1) is 0 Å². The molecule has 8 heteroatoms. The SMILES string of the molecule is CCN(CCO)C(=O)c1csc(NC(=O)c2ccc(OC)cc2)n1. The first-order chi connectivity index (χ1) is 11.6. The van der Waals surface area contributed by atoms with Crippen LogP contribution in [0.1, 0.15) is 27.8 Å². The first-order valence-electron chi connectivity index (χ1n) is 7.40. The highest BCUT2D eigenvalue weighted by atomic mass is 32.1. The molecule has 0 saturated heterocycles. The van der Waals surface area contributed by atoms with Crippen LogP contribution in [0.4, 0.5) is 5.13 Å². The van der Waals surface area contributed by atoms with Crippen molar-refractivity contribution in [3.05, 3.63) is 40.9 Å².